The number of para-hydroxylation sites is 1. The third-order valence-corrected chi connectivity index (χ3v) is 3.62. The van der Waals surface area contributed by atoms with Crippen LogP contribution in [0.5, 0.6) is 11.5 Å². The van der Waals surface area contributed by atoms with E-state index in [0.29, 0.717) is 0 Å². The number of benzene rings is 2. The monoisotopic (exact) mass is 290 g/mol. The van der Waals surface area contributed by atoms with E-state index in [1.165, 1.54) is 0 Å². The van der Waals surface area contributed by atoms with Crippen LogP contribution in [0.2, 0.25) is 0 Å². The molecule has 0 saturated heterocycles. The first-order valence-corrected chi connectivity index (χ1v) is 7.10. The van der Waals surface area contributed by atoms with Crippen molar-refractivity contribution >= 4 is 22.8 Å². The normalized spacial score (nSPS) is 13.1. The number of hydrogen-bond acceptors (Lipinski definition) is 4. The molecule has 4 rings (SSSR count). The van der Waals surface area contributed by atoms with Gasteiger partial charge in [0.2, 0.25) is 6.79 Å². The highest BCUT2D eigenvalue weighted by Crippen LogP contribution is 2.35. The van der Waals surface area contributed by atoms with Gasteiger partial charge in [-0.3, -0.25) is 9.98 Å². The molecular formula is C18H14N2O2. The molecule has 22 heavy (non-hydrogen) atoms. The van der Waals surface area contributed by atoms with Crippen molar-refractivity contribution in [2.45, 2.75) is 6.92 Å². The minimum Gasteiger partial charge on any atom is -0.454 e. The van der Waals surface area contributed by atoms with Crippen molar-refractivity contribution in [1.82, 2.24) is 4.98 Å². The van der Waals surface area contributed by atoms with E-state index in [0.717, 1.165) is 39.3 Å². The Morgan fingerprint density at radius 2 is 1.95 bits per heavy atom. The van der Waals surface area contributed by atoms with E-state index in [1.807, 2.05) is 55.6 Å². The summed E-state index contributed by atoms with van der Waals surface area (Å²) in [5.74, 6) is 1.51. The third-order valence-electron chi connectivity index (χ3n) is 3.62. The van der Waals surface area contributed by atoms with Crippen LogP contribution in [0.15, 0.2) is 53.5 Å². The number of aryl methyl sites for hydroxylation is 1. The van der Waals surface area contributed by atoms with Crippen LogP contribution in [0.25, 0.3) is 10.9 Å². The number of nitrogens with zero attached hydrogens (tertiary/aromatic N) is 2. The molecule has 0 aliphatic carbocycles. The lowest BCUT2D eigenvalue weighted by atomic mass is 10.1. The molecule has 0 unspecified atom stereocenters. The maximum atomic E-state index is 5.50. The molecule has 0 bridgehead atoms. The summed E-state index contributed by atoms with van der Waals surface area (Å²) >= 11 is 0. The Morgan fingerprint density at radius 3 is 2.91 bits per heavy atom. The van der Waals surface area contributed by atoms with Gasteiger partial charge in [-0.2, -0.15) is 0 Å². The maximum absolute atomic E-state index is 5.50. The van der Waals surface area contributed by atoms with Gasteiger partial charge in [0.25, 0.3) is 0 Å². The van der Waals surface area contributed by atoms with E-state index in [1.54, 1.807) is 0 Å². The Kier molecular flexibility index (Phi) is 3.00. The Bertz CT molecular complexity index is 887. The zero-order chi connectivity index (χ0) is 14.9. The topological polar surface area (TPSA) is 43.7 Å². The SMILES string of the molecule is Cc1ccc2c(/N=C\c3cccc4c3OCO4)cccc2n1. The fraction of sp³-hybridized carbons (Fsp3) is 0.111. The molecule has 4 nitrogen and oxygen atoms in total. The second-order valence-electron chi connectivity index (χ2n) is 5.14. The summed E-state index contributed by atoms with van der Waals surface area (Å²) in [6.07, 6.45) is 1.81. The minimum absolute atomic E-state index is 0.262. The van der Waals surface area contributed by atoms with E-state index >= 15 is 0 Å². The lowest BCUT2D eigenvalue weighted by molar-refractivity contribution is 0.174. The summed E-state index contributed by atoms with van der Waals surface area (Å²) in [6, 6.07) is 15.8. The Morgan fingerprint density at radius 1 is 1.05 bits per heavy atom. The summed E-state index contributed by atoms with van der Waals surface area (Å²) < 4.78 is 10.9. The summed E-state index contributed by atoms with van der Waals surface area (Å²) in [5, 5.41) is 1.04. The van der Waals surface area contributed by atoms with Crippen molar-refractivity contribution in [2.75, 3.05) is 6.79 Å². The lowest BCUT2D eigenvalue weighted by Gasteiger charge is -2.03. The second-order valence-corrected chi connectivity index (χ2v) is 5.14. The largest absolute Gasteiger partial charge is 0.454 e. The number of ether oxygens (including phenoxy) is 2. The van der Waals surface area contributed by atoms with Gasteiger partial charge in [-0.05, 0) is 43.3 Å². The van der Waals surface area contributed by atoms with Gasteiger partial charge in [0.1, 0.15) is 0 Å². The van der Waals surface area contributed by atoms with Gasteiger partial charge in [-0.1, -0.05) is 12.1 Å². The van der Waals surface area contributed by atoms with Crippen molar-refractivity contribution in [3.63, 3.8) is 0 Å². The quantitative estimate of drug-likeness (QED) is 0.669. The molecule has 2 aromatic carbocycles. The van der Waals surface area contributed by atoms with Crippen molar-refractivity contribution in [1.29, 1.82) is 0 Å². The molecule has 0 saturated carbocycles. The van der Waals surface area contributed by atoms with E-state index < -0.39 is 0 Å². The number of aromatic nitrogens is 1. The smallest absolute Gasteiger partial charge is 0.231 e. The summed E-state index contributed by atoms with van der Waals surface area (Å²) in [7, 11) is 0. The Hall–Kier alpha value is -2.88. The Labute approximate surface area is 128 Å². The summed E-state index contributed by atoms with van der Waals surface area (Å²) in [4.78, 5) is 9.14. The molecule has 0 atom stereocenters. The van der Waals surface area contributed by atoms with Gasteiger partial charge >= 0.3 is 0 Å². The molecule has 1 aliphatic heterocycles. The van der Waals surface area contributed by atoms with Gasteiger partial charge < -0.3 is 9.47 Å². The van der Waals surface area contributed by atoms with Crippen LogP contribution in [-0.2, 0) is 0 Å². The number of pyridine rings is 1. The molecule has 2 heterocycles. The van der Waals surface area contributed by atoms with Crippen molar-refractivity contribution in [2.24, 2.45) is 4.99 Å². The first-order chi connectivity index (χ1) is 10.8. The fourth-order valence-electron chi connectivity index (χ4n) is 2.55. The molecule has 0 amide bonds. The van der Waals surface area contributed by atoms with Crippen molar-refractivity contribution < 1.29 is 9.47 Å². The Balaban J connectivity index is 1.77. The van der Waals surface area contributed by atoms with Crippen LogP contribution >= 0.6 is 0 Å². The van der Waals surface area contributed by atoms with E-state index in [4.69, 9.17) is 9.47 Å². The van der Waals surface area contributed by atoms with Crippen LogP contribution in [0, 0.1) is 6.92 Å². The zero-order valence-corrected chi connectivity index (χ0v) is 12.1. The standard InChI is InChI=1S/C18H14N2O2/c1-12-8-9-14-15(5-3-6-16(14)20-12)19-10-13-4-2-7-17-18(13)22-11-21-17/h2-10H,11H2,1H3/b19-10-. The van der Waals surface area contributed by atoms with Gasteiger partial charge in [-0.25, -0.2) is 0 Å². The van der Waals surface area contributed by atoms with E-state index in [-0.39, 0.29) is 6.79 Å². The van der Waals surface area contributed by atoms with Crippen LogP contribution in [0.4, 0.5) is 5.69 Å². The van der Waals surface area contributed by atoms with E-state index in [2.05, 4.69) is 16.0 Å². The van der Waals surface area contributed by atoms with Crippen LogP contribution in [0.1, 0.15) is 11.3 Å². The van der Waals surface area contributed by atoms with Crippen LogP contribution in [-0.4, -0.2) is 18.0 Å². The van der Waals surface area contributed by atoms with Gasteiger partial charge in [-0.15, -0.1) is 0 Å². The van der Waals surface area contributed by atoms with Crippen molar-refractivity contribution in [3.8, 4) is 11.5 Å². The predicted octanol–water partition coefficient (Wildman–Crippen LogP) is 4.02. The van der Waals surface area contributed by atoms with Gasteiger partial charge in [0, 0.05) is 22.9 Å². The van der Waals surface area contributed by atoms with Crippen LogP contribution in [0.3, 0.4) is 0 Å². The highest BCUT2D eigenvalue weighted by Gasteiger charge is 2.15. The highest BCUT2D eigenvalue weighted by molar-refractivity contribution is 5.94. The molecular weight excluding hydrogens is 276 g/mol. The maximum Gasteiger partial charge on any atom is 0.231 e. The summed E-state index contributed by atoms with van der Waals surface area (Å²) in [5.41, 5.74) is 3.75. The number of rotatable bonds is 2. The molecule has 3 aromatic rings. The predicted molar refractivity (Wildman–Crippen MR) is 86.3 cm³/mol. The average molecular weight is 290 g/mol. The molecule has 108 valence electrons. The molecule has 0 radical (unpaired) electrons. The average Bonchev–Trinajstić information content (AvgIpc) is 3.01. The van der Waals surface area contributed by atoms with Crippen molar-refractivity contribution in [3.05, 3.63) is 59.8 Å². The number of fused-ring (bicyclic) bond motifs is 2. The number of aliphatic imine (C=N–C) groups is 1. The fourth-order valence-corrected chi connectivity index (χ4v) is 2.55. The molecule has 0 fully saturated rings. The minimum atomic E-state index is 0.262. The highest BCUT2D eigenvalue weighted by atomic mass is 16.7. The molecule has 4 heteroatoms. The van der Waals surface area contributed by atoms with Gasteiger partial charge in [0.05, 0.1) is 11.2 Å². The lowest BCUT2D eigenvalue weighted by Crippen LogP contribution is -1.94. The first kappa shape index (κ1) is 12.8. The number of hydrogen-bond donors (Lipinski definition) is 0. The molecule has 0 N–H and O–H groups in total. The third kappa shape index (κ3) is 2.19. The van der Waals surface area contributed by atoms with Crippen LogP contribution < -0.4 is 9.47 Å². The molecule has 0 spiro atoms. The summed E-state index contributed by atoms with van der Waals surface area (Å²) in [6.45, 7) is 2.25. The second kappa shape index (κ2) is 5.15. The van der Waals surface area contributed by atoms with E-state index in [9.17, 15) is 0 Å². The molecule has 1 aliphatic rings. The zero-order valence-electron chi connectivity index (χ0n) is 12.1. The first-order valence-electron chi connectivity index (χ1n) is 7.10. The van der Waals surface area contributed by atoms with Gasteiger partial charge in [0.15, 0.2) is 11.5 Å². The molecule has 1 aromatic heterocycles.